The highest BCUT2D eigenvalue weighted by atomic mass is 19.4. The van der Waals surface area contributed by atoms with Gasteiger partial charge in [-0.2, -0.15) is 0 Å². The standard InChI is InChI=1S/C13H11F3O4/c1-12(6-11(18)19)5-10(17)8-4-7(2-3-9(8)12)20-13(14,15)16/h2-4H,5-6H2,1H3,(H,18,19). The Balaban J connectivity index is 2.38. The molecule has 0 fully saturated rings. The second-order valence-electron chi connectivity index (χ2n) is 4.99. The van der Waals surface area contributed by atoms with Crippen molar-refractivity contribution in [3.05, 3.63) is 29.3 Å². The summed E-state index contributed by atoms with van der Waals surface area (Å²) in [6.45, 7) is 1.61. The molecule has 0 radical (unpaired) electrons. The fraction of sp³-hybridized carbons (Fsp3) is 0.385. The van der Waals surface area contributed by atoms with E-state index in [9.17, 15) is 22.8 Å². The van der Waals surface area contributed by atoms with Crippen molar-refractivity contribution in [2.75, 3.05) is 0 Å². The molecule has 0 saturated carbocycles. The molecular weight excluding hydrogens is 277 g/mol. The number of fused-ring (bicyclic) bond motifs is 1. The number of carbonyl (C=O) groups excluding carboxylic acids is 1. The highest BCUT2D eigenvalue weighted by Gasteiger charge is 2.42. The summed E-state index contributed by atoms with van der Waals surface area (Å²) in [4.78, 5) is 22.7. The minimum absolute atomic E-state index is 0.0376. The third kappa shape index (κ3) is 2.76. The van der Waals surface area contributed by atoms with Crippen molar-refractivity contribution in [1.29, 1.82) is 0 Å². The first-order valence-electron chi connectivity index (χ1n) is 5.76. The zero-order valence-electron chi connectivity index (χ0n) is 10.5. The van der Waals surface area contributed by atoms with Gasteiger partial charge in [-0.05, 0) is 17.7 Å². The van der Waals surface area contributed by atoms with E-state index < -0.39 is 23.5 Å². The smallest absolute Gasteiger partial charge is 0.481 e. The lowest BCUT2D eigenvalue weighted by Crippen LogP contribution is -2.23. The lowest BCUT2D eigenvalue weighted by Gasteiger charge is -2.22. The van der Waals surface area contributed by atoms with Gasteiger partial charge in [0.25, 0.3) is 0 Å². The van der Waals surface area contributed by atoms with E-state index >= 15 is 0 Å². The molecule has 1 aromatic rings. The Hall–Kier alpha value is -2.05. The summed E-state index contributed by atoms with van der Waals surface area (Å²) in [6, 6.07) is 3.42. The summed E-state index contributed by atoms with van der Waals surface area (Å²) in [7, 11) is 0. The SMILES string of the molecule is CC1(CC(=O)O)CC(=O)c2cc(OC(F)(F)F)ccc21. The summed E-state index contributed by atoms with van der Waals surface area (Å²) in [5.74, 6) is -1.93. The highest BCUT2D eigenvalue weighted by molar-refractivity contribution is 6.03. The molecule has 1 N–H and O–H groups in total. The molecular formula is C13H11F3O4. The van der Waals surface area contributed by atoms with E-state index in [1.807, 2.05) is 0 Å². The number of carboxylic acid groups (broad SMARTS) is 1. The number of ether oxygens (including phenoxy) is 1. The number of benzene rings is 1. The molecule has 0 spiro atoms. The van der Waals surface area contributed by atoms with Gasteiger partial charge >= 0.3 is 12.3 Å². The predicted octanol–water partition coefficient (Wildman–Crippen LogP) is 2.90. The monoisotopic (exact) mass is 288 g/mol. The molecule has 4 nitrogen and oxygen atoms in total. The Morgan fingerprint density at radius 2 is 2.10 bits per heavy atom. The summed E-state index contributed by atoms with van der Waals surface area (Å²) >= 11 is 0. The summed E-state index contributed by atoms with van der Waals surface area (Å²) < 4.78 is 40.1. The Morgan fingerprint density at radius 3 is 2.65 bits per heavy atom. The van der Waals surface area contributed by atoms with Crippen LogP contribution in [0.25, 0.3) is 0 Å². The molecule has 0 aromatic heterocycles. The molecule has 1 unspecified atom stereocenters. The normalized spacial score (nSPS) is 21.7. The molecule has 2 rings (SSSR count). The molecule has 0 amide bonds. The van der Waals surface area contributed by atoms with Crippen LogP contribution in [0.5, 0.6) is 5.75 Å². The highest BCUT2D eigenvalue weighted by Crippen LogP contribution is 2.42. The maximum Gasteiger partial charge on any atom is 0.573 e. The van der Waals surface area contributed by atoms with E-state index in [1.54, 1.807) is 6.92 Å². The molecule has 1 aliphatic carbocycles. The molecule has 20 heavy (non-hydrogen) atoms. The molecule has 108 valence electrons. The van der Waals surface area contributed by atoms with Crippen LogP contribution in [0.2, 0.25) is 0 Å². The molecule has 0 bridgehead atoms. The first-order valence-corrected chi connectivity index (χ1v) is 5.76. The van der Waals surface area contributed by atoms with Gasteiger partial charge in [0.2, 0.25) is 0 Å². The quantitative estimate of drug-likeness (QED) is 0.928. The second-order valence-corrected chi connectivity index (χ2v) is 4.99. The first kappa shape index (κ1) is 14.4. The van der Waals surface area contributed by atoms with Crippen LogP contribution in [0.3, 0.4) is 0 Å². The van der Waals surface area contributed by atoms with Gasteiger partial charge in [-0.3, -0.25) is 9.59 Å². The van der Waals surface area contributed by atoms with Crippen molar-refractivity contribution >= 4 is 11.8 Å². The molecule has 0 heterocycles. The average molecular weight is 288 g/mol. The van der Waals surface area contributed by atoms with Crippen LogP contribution in [0.15, 0.2) is 18.2 Å². The van der Waals surface area contributed by atoms with E-state index in [-0.39, 0.29) is 24.2 Å². The maximum absolute atomic E-state index is 12.1. The van der Waals surface area contributed by atoms with Crippen LogP contribution in [0.4, 0.5) is 13.2 Å². The number of halogens is 3. The van der Waals surface area contributed by atoms with E-state index in [0.717, 1.165) is 12.1 Å². The van der Waals surface area contributed by atoms with Crippen LogP contribution in [0, 0.1) is 0 Å². The van der Waals surface area contributed by atoms with E-state index in [4.69, 9.17) is 5.11 Å². The molecule has 0 aliphatic heterocycles. The van der Waals surface area contributed by atoms with Crippen molar-refractivity contribution in [2.45, 2.75) is 31.5 Å². The van der Waals surface area contributed by atoms with E-state index in [1.165, 1.54) is 6.07 Å². The molecule has 1 aliphatic rings. The van der Waals surface area contributed by atoms with Crippen LogP contribution in [-0.2, 0) is 10.2 Å². The summed E-state index contributed by atoms with van der Waals surface area (Å²) in [6.07, 6.45) is -5.13. The molecule has 1 atom stereocenters. The summed E-state index contributed by atoms with van der Waals surface area (Å²) in [5.41, 5.74) is -0.357. The molecule has 7 heteroatoms. The van der Waals surface area contributed by atoms with Crippen LogP contribution < -0.4 is 4.74 Å². The Kier molecular flexibility index (Phi) is 3.23. The number of alkyl halides is 3. The van der Waals surface area contributed by atoms with Crippen molar-refractivity contribution in [2.24, 2.45) is 0 Å². The maximum atomic E-state index is 12.1. The fourth-order valence-electron chi connectivity index (χ4n) is 2.51. The Bertz CT molecular complexity index is 579. The van der Waals surface area contributed by atoms with Crippen LogP contribution >= 0.6 is 0 Å². The minimum Gasteiger partial charge on any atom is -0.481 e. The van der Waals surface area contributed by atoms with Gasteiger partial charge in [0.05, 0.1) is 6.42 Å². The number of Topliss-reactive ketones (excluding diaryl/α,β-unsaturated/α-hetero) is 1. The number of hydrogen-bond donors (Lipinski definition) is 1. The van der Waals surface area contributed by atoms with Gasteiger partial charge in [-0.25, -0.2) is 0 Å². The zero-order chi connectivity index (χ0) is 15.1. The Morgan fingerprint density at radius 1 is 1.45 bits per heavy atom. The predicted molar refractivity (Wildman–Crippen MR) is 61.7 cm³/mol. The van der Waals surface area contributed by atoms with Gasteiger partial charge in [0, 0.05) is 17.4 Å². The van der Waals surface area contributed by atoms with Crippen molar-refractivity contribution < 1.29 is 32.6 Å². The number of aliphatic carboxylic acids is 1. The Labute approximate surface area is 112 Å². The first-order chi connectivity index (χ1) is 9.11. The van der Waals surface area contributed by atoms with Gasteiger partial charge in [-0.15, -0.1) is 13.2 Å². The lowest BCUT2D eigenvalue weighted by atomic mass is 9.81. The second kappa shape index (κ2) is 4.50. The fourth-order valence-corrected chi connectivity index (χ4v) is 2.51. The zero-order valence-corrected chi connectivity index (χ0v) is 10.5. The number of carboxylic acids is 1. The van der Waals surface area contributed by atoms with E-state index in [0.29, 0.717) is 5.56 Å². The van der Waals surface area contributed by atoms with Crippen molar-refractivity contribution in [1.82, 2.24) is 0 Å². The van der Waals surface area contributed by atoms with Crippen molar-refractivity contribution in [3.8, 4) is 5.75 Å². The molecule has 0 saturated heterocycles. The number of carbonyl (C=O) groups is 2. The summed E-state index contributed by atoms with van der Waals surface area (Å²) in [5, 5.41) is 8.87. The van der Waals surface area contributed by atoms with Gasteiger partial charge in [0.1, 0.15) is 5.75 Å². The lowest BCUT2D eigenvalue weighted by molar-refractivity contribution is -0.274. The van der Waals surface area contributed by atoms with Crippen LogP contribution in [0.1, 0.15) is 35.7 Å². The van der Waals surface area contributed by atoms with Gasteiger partial charge in [-0.1, -0.05) is 13.0 Å². The van der Waals surface area contributed by atoms with Crippen molar-refractivity contribution in [3.63, 3.8) is 0 Å². The third-order valence-electron chi connectivity index (χ3n) is 3.27. The topological polar surface area (TPSA) is 63.6 Å². The molecule has 1 aromatic carbocycles. The van der Waals surface area contributed by atoms with Gasteiger partial charge < -0.3 is 9.84 Å². The largest absolute Gasteiger partial charge is 0.573 e. The van der Waals surface area contributed by atoms with Gasteiger partial charge in [0.15, 0.2) is 5.78 Å². The number of rotatable bonds is 3. The van der Waals surface area contributed by atoms with E-state index in [2.05, 4.69) is 4.74 Å². The minimum atomic E-state index is -4.83. The number of hydrogen-bond acceptors (Lipinski definition) is 3. The average Bonchev–Trinajstić information content (AvgIpc) is 2.47. The van der Waals surface area contributed by atoms with Crippen LogP contribution in [-0.4, -0.2) is 23.2 Å². The third-order valence-corrected chi connectivity index (χ3v) is 3.27. The number of ketones is 1.